The summed E-state index contributed by atoms with van der Waals surface area (Å²) in [5.41, 5.74) is 1.78. The summed E-state index contributed by atoms with van der Waals surface area (Å²) in [4.78, 5) is 2.14. The van der Waals surface area contributed by atoms with Crippen molar-refractivity contribution < 1.29 is 10.2 Å². The molecule has 1 saturated carbocycles. The van der Waals surface area contributed by atoms with Gasteiger partial charge in [0.2, 0.25) is 0 Å². The first-order valence-electron chi connectivity index (χ1n) is 9.47. The van der Waals surface area contributed by atoms with Gasteiger partial charge in [-0.05, 0) is 24.3 Å². The standard InChI is InChI=1S/C22H23N3O2/c1-14-16-9-5-6-10-17(16)21(24-23-14)25-11-19(27)22(13-25)18(12-26)20(22)15-7-3-2-4-8-15/h2-10,18-20,26-27H,11-13H2,1H3/t18-,19-,20-,22-/m1/s1. The van der Waals surface area contributed by atoms with Crippen molar-refractivity contribution in [3.8, 4) is 0 Å². The molecule has 2 heterocycles. The van der Waals surface area contributed by atoms with Crippen LogP contribution in [0.5, 0.6) is 0 Å². The highest BCUT2D eigenvalue weighted by atomic mass is 16.3. The molecule has 0 radical (unpaired) electrons. The maximum absolute atomic E-state index is 11.0. The predicted octanol–water partition coefficient (Wildman–Crippen LogP) is 2.51. The van der Waals surface area contributed by atoms with Gasteiger partial charge in [0.25, 0.3) is 0 Å². The van der Waals surface area contributed by atoms with E-state index in [9.17, 15) is 10.2 Å². The van der Waals surface area contributed by atoms with E-state index in [2.05, 4.69) is 39.4 Å². The number of hydrogen-bond acceptors (Lipinski definition) is 5. The quantitative estimate of drug-likeness (QED) is 0.750. The Labute approximate surface area is 158 Å². The molecule has 5 nitrogen and oxygen atoms in total. The predicted molar refractivity (Wildman–Crippen MR) is 105 cm³/mol. The van der Waals surface area contributed by atoms with Crippen LogP contribution in [0, 0.1) is 18.3 Å². The molecule has 1 aromatic heterocycles. The molecular formula is C22H23N3O2. The molecule has 2 fully saturated rings. The second-order valence-corrected chi connectivity index (χ2v) is 7.84. The molecule has 2 aliphatic rings. The number of nitrogens with zero attached hydrogens (tertiary/aromatic N) is 3. The van der Waals surface area contributed by atoms with Gasteiger partial charge in [0.05, 0.1) is 11.8 Å². The molecule has 0 unspecified atom stereocenters. The van der Waals surface area contributed by atoms with Gasteiger partial charge in [0.15, 0.2) is 5.82 Å². The number of fused-ring (bicyclic) bond motifs is 1. The summed E-state index contributed by atoms with van der Waals surface area (Å²) in [6, 6.07) is 18.4. The molecule has 1 spiro atoms. The first-order valence-corrected chi connectivity index (χ1v) is 9.47. The van der Waals surface area contributed by atoms with Gasteiger partial charge in [-0.1, -0.05) is 54.6 Å². The normalized spacial score (nSPS) is 29.6. The summed E-state index contributed by atoms with van der Waals surface area (Å²) in [5.74, 6) is 1.07. The van der Waals surface area contributed by atoms with Crippen LogP contribution in [0.25, 0.3) is 10.8 Å². The lowest BCUT2D eigenvalue weighted by Gasteiger charge is -2.19. The van der Waals surface area contributed by atoms with Crippen LogP contribution in [0.4, 0.5) is 5.82 Å². The number of hydrogen-bond donors (Lipinski definition) is 2. The third kappa shape index (κ3) is 2.32. The molecular weight excluding hydrogens is 338 g/mol. The Kier molecular flexibility index (Phi) is 3.71. The van der Waals surface area contributed by atoms with Gasteiger partial charge < -0.3 is 15.1 Å². The molecule has 1 aliphatic carbocycles. The van der Waals surface area contributed by atoms with Crippen molar-refractivity contribution in [1.82, 2.24) is 10.2 Å². The molecule has 5 rings (SSSR count). The highest BCUT2D eigenvalue weighted by molar-refractivity contribution is 5.93. The van der Waals surface area contributed by atoms with Gasteiger partial charge in [-0.3, -0.25) is 0 Å². The lowest BCUT2D eigenvalue weighted by Crippen LogP contribution is -2.23. The van der Waals surface area contributed by atoms with Crippen molar-refractivity contribution in [2.75, 3.05) is 24.6 Å². The highest BCUT2D eigenvalue weighted by Crippen LogP contribution is 2.69. The third-order valence-corrected chi connectivity index (χ3v) is 6.55. The molecule has 5 heteroatoms. The van der Waals surface area contributed by atoms with E-state index in [1.165, 1.54) is 5.56 Å². The number of aliphatic hydroxyl groups excluding tert-OH is 2. The minimum atomic E-state index is -0.498. The molecule has 2 aromatic carbocycles. The monoisotopic (exact) mass is 361 g/mol. The smallest absolute Gasteiger partial charge is 0.159 e. The Morgan fingerprint density at radius 2 is 1.74 bits per heavy atom. The first kappa shape index (κ1) is 16.7. The van der Waals surface area contributed by atoms with Crippen molar-refractivity contribution in [2.24, 2.45) is 11.3 Å². The topological polar surface area (TPSA) is 69.5 Å². The van der Waals surface area contributed by atoms with Gasteiger partial charge in [0.1, 0.15) is 0 Å². The maximum Gasteiger partial charge on any atom is 0.159 e. The minimum absolute atomic E-state index is 0.0737. The van der Waals surface area contributed by atoms with Crippen LogP contribution < -0.4 is 4.90 Å². The SMILES string of the molecule is Cc1nnc(N2C[C@@H](O)[C@@]3(C2)[C@H](CO)[C@H]3c2ccccc2)c2ccccc12. The average Bonchev–Trinajstić information content (AvgIpc) is 3.24. The summed E-state index contributed by atoms with van der Waals surface area (Å²) in [6.45, 7) is 3.25. The Morgan fingerprint density at radius 1 is 1.04 bits per heavy atom. The average molecular weight is 361 g/mol. The fraction of sp³-hybridized carbons (Fsp3) is 0.364. The summed E-state index contributed by atoms with van der Waals surface area (Å²) < 4.78 is 0. The van der Waals surface area contributed by atoms with Gasteiger partial charge >= 0.3 is 0 Å². The second kappa shape index (κ2) is 6.01. The molecule has 1 aliphatic heterocycles. The van der Waals surface area contributed by atoms with E-state index in [-0.39, 0.29) is 23.9 Å². The molecule has 138 valence electrons. The Balaban J connectivity index is 1.53. The van der Waals surface area contributed by atoms with Crippen molar-refractivity contribution in [3.05, 3.63) is 65.9 Å². The Hall–Kier alpha value is -2.50. The molecule has 2 N–H and O–H groups in total. The number of β-amino-alcohol motifs (C(OH)–C–C–N with tert-alkyl or cyclic N) is 1. The summed E-state index contributed by atoms with van der Waals surface area (Å²) in [5, 5.41) is 32.0. The van der Waals surface area contributed by atoms with Crippen LogP contribution in [0.1, 0.15) is 17.2 Å². The van der Waals surface area contributed by atoms with E-state index in [0.717, 1.165) is 22.3 Å². The molecule has 0 amide bonds. The molecule has 4 atom stereocenters. The minimum Gasteiger partial charge on any atom is -0.396 e. The van der Waals surface area contributed by atoms with Crippen LogP contribution in [0.3, 0.4) is 0 Å². The zero-order valence-electron chi connectivity index (χ0n) is 15.3. The van der Waals surface area contributed by atoms with Gasteiger partial charge in [-0.2, -0.15) is 5.10 Å². The van der Waals surface area contributed by atoms with Gasteiger partial charge in [-0.25, -0.2) is 0 Å². The maximum atomic E-state index is 11.0. The fourth-order valence-corrected chi connectivity index (χ4v) is 5.19. The lowest BCUT2D eigenvalue weighted by atomic mass is 9.95. The third-order valence-electron chi connectivity index (χ3n) is 6.55. The number of aromatic nitrogens is 2. The Bertz CT molecular complexity index is 993. The number of anilines is 1. The molecule has 1 saturated heterocycles. The van der Waals surface area contributed by atoms with Crippen LogP contribution in [0.15, 0.2) is 54.6 Å². The molecule has 3 aromatic rings. The van der Waals surface area contributed by atoms with Crippen molar-refractivity contribution in [2.45, 2.75) is 18.9 Å². The number of aryl methyl sites for hydroxylation is 1. The number of aliphatic hydroxyl groups is 2. The van der Waals surface area contributed by atoms with E-state index < -0.39 is 6.10 Å². The summed E-state index contributed by atoms with van der Waals surface area (Å²) >= 11 is 0. The van der Waals surface area contributed by atoms with E-state index in [1.54, 1.807) is 0 Å². The lowest BCUT2D eigenvalue weighted by molar-refractivity contribution is 0.113. The van der Waals surface area contributed by atoms with Crippen LogP contribution in [-0.2, 0) is 0 Å². The van der Waals surface area contributed by atoms with Crippen LogP contribution >= 0.6 is 0 Å². The van der Waals surface area contributed by atoms with Crippen LogP contribution in [0.2, 0.25) is 0 Å². The number of benzene rings is 2. The molecule has 0 bridgehead atoms. The van der Waals surface area contributed by atoms with Gasteiger partial charge in [-0.15, -0.1) is 5.10 Å². The summed E-state index contributed by atoms with van der Waals surface area (Å²) in [7, 11) is 0. The first-order chi connectivity index (χ1) is 13.2. The van der Waals surface area contributed by atoms with Crippen molar-refractivity contribution >= 4 is 16.6 Å². The largest absolute Gasteiger partial charge is 0.396 e. The Morgan fingerprint density at radius 3 is 2.48 bits per heavy atom. The highest BCUT2D eigenvalue weighted by Gasteiger charge is 2.71. The summed E-state index contributed by atoms with van der Waals surface area (Å²) in [6.07, 6.45) is -0.498. The van der Waals surface area contributed by atoms with E-state index in [0.29, 0.717) is 13.1 Å². The van der Waals surface area contributed by atoms with E-state index in [4.69, 9.17) is 0 Å². The fourth-order valence-electron chi connectivity index (χ4n) is 5.19. The van der Waals surface area contributed by atoms with Gasteiger partial charge in [0, 0.05) is 35.9 Å². The van der Waals surface area contributed by atoms with E-state index in [1.807, 2.05) is 37.3 Å². The van der Waals surface area contributed by atoms with Crippen molar-refractivity contribution in [1.29, 1.82) is 0 Å². The second-order valence-electron chi connectivity index (χ2n) is 7.84. The molecule has 27 heavy (non-hydrogen) atoms. The van der Waals surface area contributed by atoms with Crippen molar-refractivity contribution in [3.63, 3.8) is 0 Å². The van der Waals surface area contributed by atoms with E-state index >= 15 is 0 Å². The zero-order valence-corrected chi connectivity index (χ0v) is 15.3. The van der Waals surface area contributed by atoms with Crippen LogP contribution in [-0.4, -0.2) is 46.2 Å². The zero-order chi connectivity index (χ0) is 18.6. The number of rotatable bonds is 3.